The van der Waals surface area contributed by atoms with Crippen molar-refractivity contribution < 1.29 is 9.90 Å². The lowest BCUT2D eigenvalue weighted by Crippen LogP contribution is -2.44. The van der Waals surface area contributed by atoms with Crippen LogP contribution >= 0.6 is 0 Å². The first-order chi connectivity index (χ1) is 8.59. The molecule has 0 aliphatic carbocycles. The minimum absolute atomic E-state index is 0.000680. The quantitative estimate of drug-likeness (QED) is 0.556. The van der Waals surface area contributed by atoms with Crippen molar-refractivity contribution in [1.82, 2.24) is 0 Å². The van der Waals surface area contributed by atoms with Crippen molar-refractivity contribution in [1.29, 1.82) is 5.41 Å². The number of nitrogens with two attached hydrogens (primary N) is 1. The van der Waals surface area contributed by atoms with Crippen LogP contribution in [0.15, 0.2) is 24.3 Å². The molecule has 0 spiro atoms. The van der Waals surface area contributed by atoms with Crippen LogP contribution in [0.2, 0.25) is 0 Å². The predicted octanol–water partition coefficient (Wildman–Crippen LogP) is 1.41. The smallest absolute Gasteiger partial charge is 0.326 e. The highest BCUT2D eigenvalue weighted by molar-refractivity contribution is 5.96. The molecular weight excluding hydrogens is 230 g/mol. The lowest BCUT2D eigenvalue weighted by molar-refractivity contribution is -0.139. The molecule has 0 amide bonds. The van der Waals surface area contributed by atoms with Gasteiger partial charge in [0.2, 0.25) is 0 Å². The maximum absolute atomic E-state index is 11.2. The van der Waals surface area contributed by atoms with Crippen LogP contribution < -0.4 is 10.6 Å². The van der Waals surface area contributed by atoms with Gasteiger partial charge in [0.1, 0.15) is 11.9 Å². The van der Waals surface area contributed by atoms with Crippen LogP contribution in [0.1, 0.15) is 24.8 Å². The summed E-state index contributed by atoms with van der Waals surface area (Å²) in [5.74, 6) is -0.788. The first-order valence-corrected chi connectivity index (χ1v) is 6.03. The van der Waals surface area contributed by atoms with E-state index in [9.17, 15) is 9.90 Å². The fourth-order valence-electron chi connectivity index (χ4n) is 2.35. The fraction of sp³-hybridized carbons (Fsp3) is 0.385. The van der Waals surface area contributed by atoms with E-state index in [1.807, 2.05) is 11.0 Å². The number of anilines is 1. The van der Waals surface area contributed by atoms with Gasteiger partial charge in [0.15, 0.2) is 0 Å². The van der Waals surface area contributed by atoms with E-state index in [1.54, 1.807) is 18.2 Å². The Balaban J connectivity index is 2.30. The van der Waals surface area contributed by atoms with Gasteiger partial charge in [-0.05, 0) is 31.4 Å². The summed E-state index contributed by atoms with van der Waals surface area (Å²) in [6.07, 6.45) is 2.60. The molecule has 1 heterocycles. The van der Waals surface area contributed by atoms with Crippen LogP contribution in [-0.2, 0) is 4.79 Å². The monoisotopic (exact) mass is 247 g/mol. The van der Waals surface area contributed by atoms with Crippen molar-refractivity contribution >= 4 is 17.5 Å². The second kappa shape index (κ2) is 5.08. The molecule has 96 valence electrons. The lowest BCUT2D eigenvalue weighted by atomic mass is 10.0. The zero-order valence-electron chi connectivity index (χ0n) is 10.1. The van der Waals surface area contributed by atoms with Crippen LogP contribution in [0, 0.1) is 5.41 Å². The highest BCUT2D eigenvalue weighted by atomic mass is 16.4. The Bertz CT molecular complexity index is 473. The first kappa shape index (κ1) is 12.4. The van der Waals surface area contributed by atoms with Crippen molar-refractivity contribution in [3.8, 4) is 0 Å². The lowest BCUT2D eigenvalue weighted by Gasteiger charge is -2.35. The third-order valence-corrected chi connectivity index (χ3v) is 3.28. The number of hydrogen-bond acceptors (Lipinski definition) is 3. The molecular formula is C13H17N3O2. The summed E-state index contributed by atoms with van der Waals surface area (Å²) in [5.41, 5.74) is 6.91. The van der Waals surface area contributed by atoms with Crippen LogP contribution in [0.5, 0.6) is 0 Å². The standard InChI is InChI=1S/C13H17N3O2/c14-12(15)9-4-3-5-10(8-9)16-7-2-1-6-11(16)13(17)18/h3-5,8,11H,1-2,6-7H2,(H3,14,15)(H,17,18)/t11-/m0/s1. The average Bonchev–Trinajstić information content (AvgIpc) is 2.39. The summed E-state index contributed by atoms with van der Waals surface area (Å²) in [6.45, 7) is 0.734. The van der Waals surface area contributed by atoms with Gasteiger partial charge in [0.05, 0.1) is 0 Å². The number of carboxylic acids is 1. The Morgan fingerprint density at radius 2 is 2.22 bits per heavy atom. The van der Waals surface area contributed by atoms with E-state index in [0.717, 1.165) is 25.1 Å². The third kappa shape index (κ3) is 2.45. The number of rotatable bonds is 3. The van der Waals surface area contributed by atoms with Gasteiger partial charge in [0.25, 0.3) is 0 Å². The van der Waals surface area contributed by atoms with Gasteiger partial charge < -0.3 is 15.7 Å². The molecule has 0 radical (unpaired) electrons. The molecule has 0 unspecified atom stereocenters. The van der Waals surface area contributed by atoms with Crippen molar-refractivity contribution in [3.63, 3.8) is 0 Å². The molecule has 5 heteroatoms. The maximum atomic E-state index is 11.2. The molecule has 5 nitrogen and oxygen atoms in total. The Hall–Kier alpha value is -2.04. The van der Waals surface area contributed by atoms with Gasteiger partial charge in [-0.2, -0.15) is 0 Å². The molecule has 1 saturated heterocycles. The summed E-state index contributed by atoms with van der Waals surface area (Å²) in [4.78, 5) is 13.1. The largest absolute Gasteiger partial charge is 0.480 e. The summed E-state index contributed by atoms with van der Waals surface area (Å²) < 4.78 is 0. The highest BCUT2D eigenvalue weighted by Crippen LogP contribution is 2.25. The number of carboxylic acid groups (broad SMARTS) is 1. The SMILES string of the molecule is N=C(N)c1cccc(N2CCCC[C@H]2C(=O)O)c1. The fourth-order valence-corrected chi connectivity index (χ4v) is 2.35. The molecule has 1 aromatic carbocycles. The summed E-state index contributed by atoms with van der Waals surface area (Å²) in [6, 6.07) is 6.74. The molecule has 1 fully saturated rings. The third-order valence-electron chi connectivity index (χ3n) is 3.28. The molecule has 1 aliphatic heterocycles. The zero-order chi connectivity index (χ0) is 13.1. The number of benzene rings is 1. The number of amidine groups is 1. The first-order valence-electron chi connectivity index (χ1n) is 6.03. The highest BCUT2D eigenvalue weighted by Gasteiger charge is 2.28. The Kier molecular flexibility index (Phi) is 3.50. The van der Waals surface area contributed by atoms with Crippen molar-refractivity contribution in [2.45, 2.75) is 25.3 Å². The van der Waals surface area contributed by atoms with Gasteiger partial charge in [-0.3, -0.25) is 5.41 Å². The molecule has 18 heavy (non-hydrogen) atoms. The van der Waals surface area contributed by atoms with E-state index in [1.165, 1.54) is 0 Å². The number of piperidine rings is 1. The van der Waals surface area contributed by atoms with Gasteiger partial charge in [-0.15, -0.1) is 0 Å². The van der Waals surface area contributed by atoms with E-state index in [-0.39, 0.29) is 5.84 Å². The number of carbonyl (C=O) groups is 1. The molecule has 1 atom stereocenters. The maximum Gasteiger partial charge on any atom is 0.326 e. The van der Waals surface area contributed by atoms with Crippen molar-refractivity contribution in [3.05, 3.63) is 29.8 Å². The van der Waals surface area contributed by atoms with Crippen molar-refractivity contribution in [2.75, 3.05) is 11.4 Å². The molecule has 0 saturated carbocycles. The molecule has 1 aromatic rings. The number of hydrogen-bond donors (Lipinski definition) is 3. The van der Waals surface area contributed by atoms with Crippen molar-refractivity contribution in [2.24, 2.45) is 5.73 Å². The molecule has 1 aliphatic rings. The molecule has 0 aromatic heterocycles. The number of nitrogens with one attached hydrogen (secondary N) is 1. The zero-order valence-corrected chi connectivity index (χ0v) is 10.1. The van der Waals surface area contributed by atoms with Crippen LogP contribution in [0.4, 0.5) is 5.69 Å². The molecule has 2 rings (SSSR count). The van der Waals surface area contributed by atoms with Crippen LogP contribution in [0.3, 0.4) is 0 Å². The average molecular weight is 247 g/mol. The number of nitrogens with zero attached hydrogens (tertiary/aromatic N) is 1. The predicted molar refractivity (Wildman–Crippen MR) is 70.1 cm³/mol. The minimum atomic E-state index is -0.789. The van der Waals surface area contributed by atoms with Gasteiger partial charge in [0, 0.05) is 17.8 Å². The second-order valence-electron chi connectivity index (χ2n) is 4.51. The summed E-state index contributed by atoms with van der Waals surface area (Å²) in [5, 5.41) is 16.7. The van der Waals surface area contributed by atoms with Gasteiger partial charge >= 0.3 is 5.97 Å². The Labute approximate surface area is 106 Å². The topological polar surface area (TPSA) is 90.4 Å². The summed E-state index contributed by atoms with van der Waals surface area (Å²) >= 11 is 0. The van der Waals surface area contributed by atoms with E-state index >= 15 is 0 Å². The van der Waals surface area contributed by atoms with E-state index in [0.29, 0.717) is 12.0 Å². The normalized spacial score (nSPS) is 19.6. The molecule has 0 bridgehead atoms. The van der Waals surface area contributed by atoms with Gasteiger partial charge in [-0.25, -0.2) is 4.79 Å². The van der Waals surface area contributed by atoms with Crippen LogP contribution in [-0.4, -0.2) is 29.5 Å². The Morgan fingerprint density at radius 1 is 1.44 bits per heavy atom. The van der Waals surface area contributed by atoms with Gasteiger partial charge in [-0.1, -0.05) is 12.1 Å². The van der Waals surface area contributed by atoms with E-state index in [2.05, 4.69) is 0 Å². The van der Waals surface area contributed by atoms with Crippen LogP contribution in [0.25, 0.3) is 0 Å². The number of nitrogen functional groups attached to an aromatic ring is 1. The van der Waals surface area contributed by atoms with E-state index < -0.39 is 12.0 Å². The second-order valence-corrected chi connectivity index (χ2v) is 4.51. The summed E-state index contributed by atoms with van der Waals surface area (Å²) in [7, 11) is 0. The number of aliphatic carboxylic acids is 1. The van der Waals surface area contributed by atoms with E-state index in [4.69, 9.17) is 11.1 Å². The Morgan fingerprint density at radius 3 is 2.89 bits per heavy atom. The minimum Gasteiger partial charge on any atom is -0.480 e. The molecule has 4 N–H and O–H groups in total.